The third-order valence-corrected chi connectivity index (χ3v) is 2.66. The number of hydrogen-bond acceptors (Lipinski definition) is 5. The zero-order valence-electron chi connectivity index (χ0n) is 11.7. The maximum absolute atomic E-state index is 11.3. The molecule has 0 amide bonds. The standard InChI is InChI=1S/C14H21NO4/c1-4-18-11-8-6-10(13(15)14(11)17-3)7-9-12(16)19-5-2/h6,8H,4-5,7,9,15H2,1-3H3. The Morgan fingerprint density at radius 1 is 1.26 bits per heavy atom. The van der Waals surface area contributed by atoms with E-state index in [1.54, 1.807) is 20.1 Å². The molecule has 0 aromatic heterocycles. The Kier molecular flexibility index (Phi) is 5.99. The molecule has 1 aromatic rings. The minimum Gasteiger partial charge on any atom is -0.491 e. The van der Waals surface area contributed by atoms with E-state index >= 15 is 0 Å². The highest BCUT2D eigenvalue weighted by atomic mass is 16.5. The highest BCUT2D eigenvalue weighted by Gasteiger charge is 2.13. The average molecular weight is 267 g/mol. The van der Waals surface area contributed by atoms with Gasteiger partial charge in [-0.05, 0) is 31.9 Å². The first kappa shape index (κ1) is 15.1. The summed E-state index contributed by atoms with van der Waals surface area (Å²) < 4.78 is 15.6. The molecule has 0 radical (unpaired) electrons. The molecule has 2 N–H and O–H groups in total. The predicted molar refractivity (Wildman–Crippen MR) is 73.5 cm³/mol. The Morgan fingerprint density at radius 2 is 2.00 bits per heavy atom. The van der Waals surface area contributed by atoms with E-state index in [2.05, 4.69) is 0 Å². The first-order chi connectivity index (χ1) is 9.13. The lowest BCUT2D eigenvalue weighted by atomic mass is 10.1. The number of carbonyl (C=O) groups excluding carboxylic acids is 1. The Hall–Kier alpha value is -1.91. The van der Waals surface area contributed by atoms with Crippen LogP contribution in [0, 0.1) is 0 Å². The molecule has 0 aliphatic rings. The van der Waals surface area contributed by atoms with Crippen molar-refractivity contribution in [3.8, 4) is 11.5 Å². The minimum absolute atomic E-state index is 0.227. The van der Waals surface area contributed by atoms with Crippen LogP contribution in [0.15, 0.2) is 12.1 Å². The van der Waals surface area contributed by atoms with Crippen LogP contribution in [0.25, 0.3) is 0 Å². The van der Waals surface area contributed by atoms with Gasteiger partial charge in [0.1, 0.15) is 0 Å². The summed E-state index contributed by atoms with van der Waals surface area (Å²) in [5, 5.41) is 0. The van der Waals surface area contributed by atoms with Crippen LogP contribution in [0.5, 0.6) is 11.5 Å². The SMILES string of the molecule is CCOC(=O)CCc1ccc(OCC)c(OC)c1N. The van der Waals surface area contributed by atoms with Gasteiger partial charge in [0.15, 0.2) is 11.5 Å². The second kappa shape index (κ2) is 7.51. The Bertz CT molecular complexity index is 432. The summed E-state index contributed by atoms with van der Waals surface area (Å²) in [4.78, 5) is 11.3. The Balaban J connectivity index is 2.82. The monoisotopic (exact) mass is 267 g/mol. The number of benzene rings is 1. The zero-order valence-corrected chi connectivity index (χ0v) is 11.7. The number of nitrogens with two attached hydrogens (primary N) is 1. The third-order valence-electron chi connectivity index (χ3n) is 2.66. The molecule has 0 aliphatic carbocycles. The van der Waals surface area contributed by atoms with Crippen molar-refractivity contribution in [3.63, 3.8) is 0 Å². The molecule has 0 saturated carbocycles. The molecule has 19 heavy (non-hydrogen) atoms. The Labute approximate surface area is 113 Å². The highest BCUT2D eigenvalue weighted by molar-refractivity contribution is 5.71. The van der Waals surface area contributed by atoms with Crippen molar-refractivity contribution in [2.75, 3.05) is 26.1 Å². The quantitative estimate of drug-likeness (QED) is 0.605. The van der Waals surface area contributed by atoms with Crippen LogP contribution in [0.3, 0.4) is 0 Å². The average Bonchev–Trinajstić information content (AvgIpc) is 2.39. The van der Waals surface area contributed by atoms with E-state index < -0.39 is 0 Å². The third kappa shape index (κ3) is 4.05. The molecule has 1 aromatic carbocycles. The first-order valence-corrected chi connectivity index (χ1v) is 6.37. The summed E-state index contributed by atoms with van der Waals surface area (Å²) in [6, 6.07) is 3.65. The van der Waals surface area contributed by atoms with Crippen molar-refractivity contribution < 1.29 is 19.0 Å². The zero-order chi connectivity index (χ0) is 14.3. The number of esters is 1. The smallest absolute Gasteiger partial charge is 0.306 e. The van der Waals surface area contributed by atoms with Gasteiger partial charge in [-0.1, -0.05) is 6.07 Å². The number of nitrogen functional groups attached to an aromatic ring is 1. The lowest BCUT2D eigenvalue weighted by molar-refractivity contribution is -0.143. The van der Waals surface area contributed by atoms with Crippen LogP contribution >= 0.6 is 0 Å². The van der Waals surface area contributed by atoms with Crippen molar-refractivity contribution in [1.29, 1.82) is 0 Å². The number of anilines is 1. The van der Waals surface area contributed by atoms with Gasteiger partial charge in [0.25, 0.3) is 0 Å². The summed E-state index contributed by atoms with van der Waals surface area (Å²) in [5.41, 5.74) is 7.39. The topological polar surface area (TPSA) is 70.8 Å². The summed E-state index contributed by atoms with van der Waals surface area (Å²) >= 11 is 0. The van der Waals surface area contributed by atoms with E-state index in [0.29, 0.717) is 43.2 Å². The fourth-order valence-electron chi connectivity index (χ4n) is 1.79. The molecule has 0 heterocycles. The molecule has 0 saturated heterocycles. The second-order valence-electron chi connectivity index (χ2n) is 3.91. The molecule has 0 aliphatic heterocycles. The number of carbonyl (C=O) groups is 1. The molecule has 0 bridgehead atoms. The maximum Gasteiger partial charge on any atom is 0.306 e. The second-order valence-corrected chi connectivity index (χ2v) is 3.91. The van der Waals surface area contributed by atoms with Crippen LogP contribution in [-0.4, -0.2) is 26.3 Å². The molecule has 0 unspecified atom stereocenters. The van der Waals surface area contributed by atoms with Gasteiger partial charge in [-0.25, -0.2) is 0 Å². The van der Waals surface area contributed by atoms with Crippen molar-refractivity contribution >= 4 is 11.7 Å². The minimum atomic E-state index is -0.227. The van der Waals surface area contributed by atoms with Crippen LogP contribution in [0.4, 0.5) is 5.69 Å². The van der Waals surface area contributed by atoms with Crippen LogP contribution in [0.2, 0.25) is 0 Å². The number of methoxy groups -OCH3 is 1. The van der Waals surface area contributed by atoms with Crippen molar-refractivity contribution in [3.05, 3.63) is 17.7 Å². The number of aryl methyl sites for hydroxylation is 1. The van der Waals surface area contributed by atoms with Crippen LogP contribution in [-0.2, 0) is 16.0 Å². The van der Waals surface area contributed by atoms with Crippen molar-refractivity contribution in [1.82, 2.24) is 0 Å². The van der Waals surface area contributed by atoms with Gasteiger partial charge in [0, 0.05) is 6.42 Å². The van der Waals surface area contributed by atoms with Gasteiger partial charge in [0.2, 0.25) is 0 Å². The Morgan fingerprint density at radius 3 is 2.58 bits per heavy atom. The molecule has 0 spiro atoms. The van der Waals surface area contributed by atoms with E-state index in [1.807, 2.05) is 13.0 Å². The molecule has 0 fully saturated rings. The van der Waals surface area contributed by atoms with Crippen LogP contribution < -0.4 is 15.2 Å². The molecule has 1 rings (SSSR count). The summed E-state index contributed by atoms with van der Waals surface area (Å²) in [7, 11) is 1.54. The fourth-order valence-corrected chi connectivity index (χ4v) is 1.79. The molecule has 106 valence electrons. The van der Waals surface area contributed by atoms with Gasteiger partial charge < -0.3 is 19.9 Å². The highest BCUT2D eigenvalue weighted by Crippen LogP contribution is 2.36. The van der Waals surface area contributed by atoms with E-state index in [9.17, 15) is 4.79 Å². The van der Waals surface area contributed by atoms with Crippen molar-refractivity contribution in [2.45, 2.75) is 26.7 Å². The predicted octanol–water partition coefficient (Wildman–Crippen LogP) is 2.17. The summed E-state index contributed by atoms with van der Waals surface area (Å²) in [5.74, 6) is 0.903. The van der Waals surface area contributed by atoms with Gasteiger partial charge >= 0.3 is 5.97 Å². The van der Waals surface area contributed by atoms with E-state index in [4.69, 9.17) is 19.9 Å². The summed E-state index contributed by atoms with van der Waals surface area (Å²) in [6.45, 7) is 4.61. The lowest BCUT2D eigenvalue weighted by Crippen LogP contribution is -2.07. The molecular formula is C14H21NO4. The summed E-state index contributed by atoms with van der Waals surface area (Å²) in [6.07, 6.45) is 0.822. The largest absolute Gasteiger partial charge is 0.491 e. The van der Waals surface area contributed by atoms with Gasteiger partial charge in [-0.2, -0.15) is 0 Å². The van der Waals surface area contributed by atoms with Gasteiger partial charge in [-0.3, -0.25) is 4.79 Å². The number of hydrogen-bond donors (Lipinski definition) is 1. The fraction of sp³-hybridized carbons (Fsp3) is 0.500. The molecule has 5 nitrogen and oxygen atoms in total. The van der Waals surface area contributed by atoms with Crippen LogP contribution in [0.1, 0.15) is 25.8 Å². The van der Waals surface area contributed by atoms with E-state index in [0.717, 1.165) is 5.56 Å². The van der Waals surface area contributed by atoms with Gasteiger partial charge in [0.05, 0.1) is 26.0 Å². The van der Waals surface area contributed by atoms with E-state index in [-0.39, 0.29) is 5.97 Å². The number of ether oxygens (including phenoxy) is 3. The van der Waals surface area contributed by atoms with Crippen molar-refractivity contribution in [2.24, 2.45) is 0 Å². The lowest BCUT2D eigenvalue weighted by Gasteiger charge is -2.14. The first-order valence-electron chi connectivity index (χ1n) is 6.37. The molecule has 5 heteroatoms. The normalized spacial score (nSPS) is 10.1. The van der Waals surface area contributed by atoms with Gasteiger partial charge in [-0.15, -0.1) is 0 Å². The number of rotatable bonds is 7. The molecule has 0 atom stereocenters. The maximum atomic E-state index is 11.3. The van der Waals surface area contributed by atoms with E-state index in [1.165, 1.54) is 0 Å². The molecular weight excluding hydrogens is 246 g/mol.